The zero-order valence-corrected chi connectivity index (χ0v) is 9.30. The lowest BCUT2D eigenvalue weighted by molar-refractivity contribution is -0.0700. The van der Waals surface area contributed by atoms with Crippen LogP contribution in [0.4, 0.5) is 0 Å². The van der Waals surface area contributed by atoms with E-state index in [1.807, 2.05) is 11.8 Å². The maximum atomic E-state index is 5.75. The first-order chi connectivity index (χ1) is 6.88. The van der Waals surface area contributed by atoms with E-state index in [0.717, 1.165) is 25.4 Å². The maximum Gasteiger partial charge on any atom is 0.158 e. The van der Waals surface area contributed by atoms with E-state index in [0.29, 0.717) is 6.54 Å². The van der Waals surface area contributed by atoms with Crippen LogP contribution < -0.4 is 5.73 Å². The van der Waals surface area contributed by atoms with Gasteiger partial charge >= 0.3 is 0 Å². The number of hydrogen-bond donors (Lipinski definition) is 1. The molecule has 0 saturated carbocycles. The lowest BCUT2D eigenvalue weighted by Gasteiger charge is -2.14. The quantitative estimate of drug-likeness (QED) is 0.769. The first-order valence-electron chi connectivity index (χ1n) is 5.43. The van der Waals surface area contributed by atoms with Gasteiger partial charge in [0.25, 0.3) is 0 Å². The first-order valence-corrected chi connectivity index (χ1v) is 6.59. The van der Waals surface area contributed by atoms with Crippen molar-refractivity contribution in [3.05, 3.63) is 0 Å². The Bertz CT molecular complexity index is 174. The fourth-order valence-corrected chi connectivity index (χ4v) is 3.31. The lowest BCUT2D eigenvalue weighted by atomic mass is 10.1. The molecule has 82 valence electrons. The van der Waals surface area contributed by atoms with Crippen LogP contribution in [-0.4, -0.2) is 37.1 Å². The van der Waals surface area contributed by atoms with Gasteiger partial charge in [0.05, 0.1) is 12.7 Å². The van der Waals surface area contributed by atoms with Crippen molar-refractivity contribution in [1.29, 1.82) is 0 Å². The number of ether oxygens (including phenoxy) is 2. The van der Waals surface area contributed by atoms with Crippen LogP contribution in [0.1, 0.15) is 19.3 Å². The second-order valence-corrected chi connectivity index (χ2v) is 5.21. The van der Waals surface area contributed by atoms with Crippen molar-refractivity contribution in [2.75, 3.05) is 24.7 Å². The Kier molecular flexibility index (Phi) is 4.10. The Labute approximate surface area is 89.7 Å². The Hall–Kier alpha value is 0.230. The highest BCUT2D eigenvalue weighted by Crippen LogP contribution is 2.30. The van der Waals surface area contributed by atoms with Crippen molar-refractivity contribution in [1.82, 2.24) is 0 Å². The molecule has 0 aromatic carbocycles. The average Bonchev–Trinajstić information content (AvgIpc) is 2.79. The second kappa shape index (κ2) is 5.35. The molecular formula is C10H19NO2S. The molecule has 2 heterocycles. The van der Waals surface area contributed by atoms with Gasteiger partial charge in [-0.15, -0.1) is 0 Å². The van der Waals surface area contributed by atoms with Crippen LogP contribution >= 0.6 is 11.8 Å². The standard InChI is InChI=1S/C10H19NO2S/c11-3-1-9-6-12-10(13-9)5-8-2-4-14-7-8/h8-10H,1-7,11H2. The molecule has 0 spiro atoms. The van der Waals surface area contributed by atoms with Crippen LogP contribution in [0.2, 0.25) is 0 Å². The molecule has 0 bridgehead atoms. The van der Waals surface area contributed by atoms with E-state index in [9.17, 15) is 0 Å². The number of thioether (sulfide) groups is 1. The van der Waals surface area contributed by atoms with E-state index >= 15 is 0 Å². The first kappa shape index (κ1) is 10.7. The van der Waals surface area contributed by atoms with Crippen molar-refractivity contribution in [2.24, 2.45) is 11.7 Å². The number of hydrogen-bond acceptors (Lipinski definition) is 4. The van der Waals surface area contributed by atoms with Gasteiger partial charge in [-0.25, -0.2) is 0 Å². The Morgan fingerprint density at radius 1 is 1.43 bits per heavy atom. The van der Waals surface area contributed by atoms with E-state index in [4.69, 9.17) is 15.2 Å². The van der Waals surface area contributed by atoms with Crippen LogP contribution in [0.25, 0.3) is 0 Å². The largest absolute Gasteiger partial charge is 0.350 e. The molecule has 2 aliphatic rings. The summed E-state index contributed by atoms with van der Waals surface area (Å²) in [5.74, 6) is 3.40. The summed E-state index contributed by atoms with van der Waals surface area (Å²) in [6.07, 6.45) is 3.63. The molecule has 0 aliphatic carbocycles. The summed E-state index contributed by atoms with van der Waals surface area (Å²) in [4.78, 5) is 0. The third-order valence-electron chi connectivity index (χ3n) is 2.85. The van der Waals surface area contributed by atoms with Gasteiger partial charge in [0.1, 0.15) is 0 Å². The van der Waals surface area contributed by atoms with E-state index in [1.54, 1.807) is 0 Å². The molecule has 2 N–H and O–H groups in total. The molecule has 0 aromatic rings. The SMILES string of the molecule is NCCC1COC(CC2CCSC2)O1. The molecule has 14 heavy (non-hydrogen) atoms. The molecule has 0 amide bonds. The Morgan fingerprint density at radius 3 is 3.07 bits per heavy atom. The molecule has 2 rings (SSSR count). The van der Waals surface area contributed by atoms with Gasteiger partial charge in [-0.2, -0.15) is 11.8 Å². The highest BCUT2D eigenvalue weighted by molar-refractivity contribution is 7.99. The fourth-order valence-electron chi connectivity index (χ4n) is 2.01. The highest BCUT2D eigenvalue weighted by atomic mass is 32.2. The molecule has 2 aliphatic heterocycles. The monoisotopic (exact) mass is 217 g/mol. The Morgan fingerprint density at radius 2 is 2.36 bits per heavy atom. The van der Waals surface area contributed by atoms with Crippen molar-refractivity contribution in [2.45, 2.75) is 31.7 Å². The number of nitrogens with two attached hydrogens (primary N) is 1. The summed E-state index contributed by atoms with van der Waals surface area (Å²) in [6.45, 7) is 1.43. The Balaban J connectivity index is 1.67. The van der Waals surface area contributed by atoms with Gasteiger partial charge in [0, 0.05) is 6.42 Å². The minimum atomic E-state index is 0.0512. The summed E-state index contributed by atoms with van der Waals surface area (Å²) in [7, 11) is 0. The summed E-state index contributed by atoms with van der Waals surface area (Å²) in [6, 6.07) is 0. The molecule has 0 aromatic heterocycles. The van der Waals surface area contributed by atoms with E-state index in [2.05, 4.69) is 0 Å². The zero-order valence-electron chi connectivity index (χ0n) is 8.48. The molecule has 2 saturated heterocycles. The van der Waals surface area contributed by atoms with Gasteiger partial charge in [-0.3, -0.25) is 0 Å². The topological polar surface area (TPSA) is 44.5 Å². The van der Waals surface area contributed by atoms with Crippen LogP contribution in [-0.2, 0) is 9.47 Å². The maximum absolute atomic E-state index is 5.75. The third-order valence-corrected chi connectivity index (χ3v) is 4.08. The molecule has 4 heteroatoms. The third kappa shape index (κ3) is 2.86. The molecule has 3 atom stereocenters. The van der Waals surface area contributed by atoms with Gasteiger partial charge in [-0.1, -0.05) is 0 Å². The van der Waals surface area contributed by atoms with Crippen LogP contribution in [0.15, 0.2) is 0 Å². The van der Waals surface area contributed by atoms with Crippen molar-refractivity contribution in [3.63, 3.8) is 0 Å². The predicted octanol–water partition coefficient (Wildman–Crippen LogP) is 1.22. The van der Waals surface area contributed by atoms with Crippen LogP contribution in [0.5, 0.6) is 0 Å². The van der Waals surface area contributed by atoms with E-state index < -0.39 is 0 Å². The number of rotatable bonds is 4. The zero-order chi connectivity index (χ0) is 9.80. The predicted molar refractivity (Wildman–Crippen MR) is 58.3 cm³/mol. The smallest absolute Gasteiger partial charge is 0.158 e. The lowest BCUT2D eigenvalue weighted by Crippen LogP contribution is -2.18. The van der Waals surface area contributed by atoms with Crippen LogP contribution in [0, 0.1) is 5.92 Å². The van der Waals surface area contributed by atoms with Gasteiger partial charge in [0.2, 0.25) is 0 Å². The van der Waals surface area contributed by atoms with Gasteiger partial charge in [0.15, 0.2) is 6.29 Å². The average molecular weight is 217 g/mol. The molecule has 0 radical (unpaired) electrons. The van der Waals surface area contributed by atoms with Crippen molar-refractivity contribution in [3.8, 4) is 0 Å². The highest BCUT2D eigenvalue weighted by Gasteiger charge is 2.28. The summed E-state index contributed by atoms with van der Waals surface area (Å²) >= 11 is 2.05. The normalized spacial score (nSPS) is 37.9. The van der Waals surface area contributed by atoms with Crippen molar-refractivity contribution < 1.29 is 9.47 Å². The van der Waals surface area contributed by atoms with E-state index in [-0.39, 0.29) is 12.4 Å². The molecular weight excluding hydrogens is 198 g/mol. The van der Waals surface area contributed by atoms with E-state index in [1.165, 1.54) is 17.9 Å². The minimum Gasteiger partial charge on any atom is -0.350 e. The van der Waals surface area contributed by atoms with Crippen LogP contribution in [0.3, 0.4) is 0 Å². The molecule has 3 unspecified atom stereocenters. The molecule has 2 fully saturated rings. The van der Waals surface area contributed by atoms with Gasteiger partial charge in [-0.05, 0) is 36.8 Å². The summed E-state index contributed by atoms with van der Waals surface area (Å²) < 4.78 is 11.3. The minimum absolute atomic E-state index is 0.0512. The molecule has 3 nitrogen and oxygen atoms in total. The summed E-state index contributed by atoms with van der Waals surface area (Å²) in [5.41, 5.74) is 5.48. The fraction of sp³-hybridized carbons (Fsp3) is 1.00. The second-order valence-electron chi connectivity index (χ2n) is 4.06. The summed E-state index contributed by atoms with van der Waals surface area (Å²) in [5, 5.41) is 0. The van der Waals surface area contributed by atoms with Gasteiger partial charge < -0.3 is 15.2 Å². The van der Waals surface area contributed by atoms with Crippen molar-refractivity contribution >= 4 is 11.8 Å².